The van der Waals surface area contributed by atoms with Gasteiger partial charge < -0.3 is 5.32 Å². The van der Waals surface area contributed by atoms with Crippen molar-refractivity contribution in [1.29, 1.82) is 0 Å². The lowest BCUT2D eigenvalue weighted by Gasteiger charge is -2.09. The second kappa shape index (κ2) is 3.46. The van der Waals surface area contributed by atoms with E-state index in [0.717, 1.165) is 13.1 Å². The molecule has 2 rings (SSSR count). The zero-order valence-electron chi connectivity index (χ0n) is 8.09. The Morgan fingerprint density at radius 3 is 2.69 bits per heavy atom. The molecule has 0 saturated heterocycles. The van der Waals surface area contributed by atoms with Gasteiger partial charge in [-0.25, -0.2) is 0 Å². The second-order valence-electron chi connectivity index (χ2n) is 4.27. The molecule has 0 bridgehead atoms. The van der Waals surface area contributed by atoms with E-state index in [-0.39, 0.29) is 0 Å². The van der Waals surface area contributed by atoms with Gasteiger partial charge in [-0.2, -0.15) is 0 Å². The third kappa shape index (κ3) is 2.52. The van der Waals surface area contributed by atoms with Crippen LogP contribution < -0.4 is 5.32 Å². The van der Waals surface area contributed by atoms with Crippen molar-refractivity contribution in [2.45, 2.75) is 26.3 Å². The molecule has 0 amide bonds. The van der Waals surface area contributed by atoms with E-state index in [1.807, 2.05) is 12.4 Å². The highest BCUT2D eigenvalue weighted by Crippen LogP contribution is 2.44. The van der Waals surface area contributed by atoms with E-state index >= 15 is 0 Å². The maximum Gasteiger partial charge on any atom is 0.0271 e. The molecule has 0 unspecified atom stereocenters. The fourth-order valence-electron chi connectivity index (χ4n) is 1.40. The summed E-state index contributed by atoms with van der Waals surface area (Å²) in [5.74, 6) is 0. The van der Waals surface area contributed by atoms with E-state index in [2.05, 4.69) is 29.4 Å². The molecule has 1 aliphatic rings. The minimum absolute atomic E-state index is 0.604. The number of hydrogen-bond acceptors (Lipinski definition) is 2. The molecule has 0 atom stereocenters. The van der Waals surface area contributed by atoms with Crippen molar-refractivity contribution in [3.05, 3.63) is 30.1 Å². The minimum Gasteiger partial charge on any atom is -0.312 e. The molecule has 1 aromatic heterocycles. The average Bonchev–Trinajstić information content (AvgIpc) is 2.86. The monoisotopic (exact) mass is 176 g/mol. The molecule has 0 aromatic carbocycles. The summed E-state index contributed by atoms with van der Waals surface area (Å²) in [5.41, 5.74) is 1.92. The zero-order valence-corrected chi connectivity index (χ0v) is 8.09. The number of nitrogens with one attached hydrogen (secondary N) is 1. The molecule has 0 radical (unpaired) electrons. The molecule has 1 aliphatic carbocycles. The second-order valence-corrected chi connectivity index (χ2v) is 4.27. The Morgan fingerprint density at radius 2 is 2.08 bits per heavy atom. The third-order valence-corrected chi connectivity index (χ3v) is 2.73. The van der Waals surface area contributed by atoms with Gasteiger partial charge in [0.25, 0.3) is 0 Å². The van der Waals surface area contributed by atoms with Crippen LogP contribution in [0.5, 0.6) is 0 Å². The lowest BCUT2D eigenvalue weighted by Crippen LogP contribution is -2.21. The van der Waals surface area contributed by atoms with Crippen LogP contribution in [0.1, 0.15) is 25.3 Å². The SMILES string of the molecule is CC1(CNCc2ccncc2)CC1. The lowest BCUT2D eigenvalue weighted by molar-refractivity contribution is 0.499. The van der Waals surface area contributed by atoms with Crippen molar-refractivity contribution >= 4 is 0 Å². The molecule has 0 aliphatic heterocycles. The standard InChI is InChI=1S/C11H16N2/c1-11(4-5-11)9-13-8-10-2-6-12-7-3-10/h2-3,6-7,13H,4-5,8-9H2,1H3. The Bertz CT molecular complexity index is 265. The Labute approximate surface area is 79.4 Å². The molecule has 1 heterocycles. The predicted octanol–water partition coefficient (Wildman–Crippen LogP) is 1.97. The summed E-state index contributed by atoms with van der Waals surface area (Å²) in [7, 11) is 0. The number of aromatic nitrogens is 1. The summed E-state index contributed by atoms with van der Waals surface area (Å²) in [5, 5.41) is 3.48. The molecule has 1 aromatic rings. The Kier molecular flexibility index (Phi) is 2.32. The molecule has 1 N–H and O–H groups in total. The van der Waals surface area contributed by atoms with Gasteiger partial charge in [0, 0.05) is 25.5 Å². The minimum atomic E-state index is 0.604. The fraction of sp³-hybridized carbons (Fsp3) is 0.545. The van der Waals surface area contributed by atoms with Crippen LogP contribution in [0.3, 0.4) is 0 Å². The predicted molar refractivity (Wildman–Crippen MR) is 53.3 cm³/mol. The lowest BCUT2D eigenvalue weighted by atomic mass is 10.1. The first-order valence-electron chi connectivity index (χ1n) is 4.88. The van der Waals surface area contributed by atoms with Crippen molar-refractivity contribution in [2.24, 2.45) is 5.41 Å². The Hall–Kier alpha value is -0.890. The van der Waals surface area contributed by atoms with Crippen LogP contribution in [0.15, 0.2) is 24.5 Å². The van der Waals surface area contributed by atoms with Gasteiger partial charge in [0.1, 0.15) is 0 Å². The molecule has 70 valence electrons. The molecular formula is C11H16N2. The molecule has 0 spiro atoms. The van der Waals surface area contributed by atoms with Crippen LogP contribution in [0.2, 0.25) is 0 Å². The molecular weight excluding hydrogens is 160 g/mol. The number of nitrogens with zero attached hydrogens (tertiary/aromatic N) is 1. The maximum atomic E-state index is 3.99. The van der Waals surface area contributed by atoms with Crippen molar-refractivity contribution in [2.75, 3.05) is 6.54 Å². The van der Waals surface area contributed by atoms with Crippen molar-refractivity contribution < 1.29 is 0 Å². The van der Waals surface area contributed by atoms with Gasteiger partial charge in [0.15, 0.2) is 0 Å². The van der Waals surface area contributed by atoms with Gasteiger partial charge in [-0.15, -0.1) is 0 Å². The molecule has 2 nitrogen and oxygen atoms in total. The summed E-state index contributed by atoms with van der Waals surface area (Å²) in [6, 6.07) is 4.12. The Balaban J connectivity index is 1.74. The molecule has 1 fully saturated rings. The zero-order chi connectivity index (χ0) is 9.15. The van der Waals surface area contributed by atoms with Crippen LogP contribution in [0.25, 0.3) is 0 Å². The fourth-order valence-corrected chi connectivity index (χ4v) is 1.40. The summed E-state index contributed by atoms with van der Waals surface area (Å²) in [4.78, 5) is 3.99. The van der Waals surface area contributed by atoms with Crippen molar-refractivity contribution in [1.82, 2.24) is 10.3 Å². The highest BCUT2D eigenvalue weighted by Gasteiger charge is 2.36. The quantitative estimate of drug-likeness (QED) is 0.758. The van der Waals surface area contributed by atoms with E-state index < -0.39 is 0 Å². The normalized spacial score (nSPS) is 18.5. The first-order chi connectivity index (χ1) is 6.29. The average molecular weight is 176 g/mol. The van der Waals surface area contributed by atoms with Gasteiger partial charge in [-0.05, 0) is 36.0 Å². The van der Waals surface area contributed by atoms with Crippen LogP contribution in [0, 0.1) is 5.41 Å². The first-order valence-corrected chi connectivity index (χ1v) is 4.88. The first kappa shape index (κ1) is 8.70. The topological polar surface area (TPSA) is 24.9 Å². The van der Waals surface area contributed by atoms with Crippen LogP contribution >= 0.6 is 0 Å². The van der Waals surface area contributed by atoms with Crippen molar-refractivity contribution in [3.8, 4) is 0 Å². The van der Waals surface area contributed by atoms with E-state index in [1.54, 1.807) is 0 Å². The molecule has 2 heteroatoms. The highest BCUT2D eigenvalue weighted by molar-refractivity contribution is 5.09. The van der Waals surface area contributed by atoms with E-state index in [0.29, 0.717) is 5.41 Å². The summed E-state index contributed by atoms with van der Waals surface area (Å²) in [6.45, 7) is 4.46. The van der Waals surface area contributed by atoms with Crippen molar-refractivity contribution in [3.63, 3.8) is 0 Å². The largest absolute Gasteiger partial charge is 0.312 e. The number of hydrogen-bond donors (Lipinski definition) is 1. The number of pyridine rings is 1. The van der Waals surface area contributed by atoms with Gasteiger partial charge in [-0.3, -0.25) is 4.98 Å². The van der Waals surface area contributed by atoms with Gasteiger partial charge in [-0.1, -0.05) is 6.92 Å². The Morgan fingerprint density at radius 1 is 1.38 bits per heavy atom. The van der Waals surface area contributed by atoms with E-state index in [1.165, 1.54) is 18.4 Å². The smallest absolute Gasteiger partial charge is 0.0271 e. The van der Waals surface area contributed by atoms with E-state index in [4.69, 9.17) is 0 Å². The van der Waals surface area contributed by atoms with Gasteiger partial charge >= 0.3 is 0 Å². The van der Waals surface area contributed by atoms with Gasteiger partial charge in [0.05, 0.1) is 0 Å². The highest BCUT2D eigenvalue weighted by atomic mass is 14.9. The molecule has 13 heavy (non-hydrogen) atoms. The van der Waals surface area contributed by atoms with Crippen LogP contribution in [0.4, 0.5) is 0 Å². The summed E-state index contributed by atoms with van der Waals surface area (Å²) < 4.78 is 0. The summed E-state index contributed by atoms with van der Waals surface area (Å²) >= 11 is 0. The summed E-state index contributed by atoms with van der Waals surface area (Å²) in [6.07, 6.45) is 6.46. The third-order valence-electron chi connectivity index (χ3n) is 2.73. The van der Waals surface area contributed by atoms with Crippen LogP contribution in [-0.2, 0) is 6.54 Å². The maximum absolute atomic E-state index is 3.99. The van der Waals surface area contributed by atoms with Crippen LogP contribution in [-0.4, -0.2) is 11.5 Å². The molecule has 1 saturated carbocycles. The van der Waals surface area contributed by atoms with Gasteiger partial charge in [0.2, 0.25) is 0 Å². The number of rotatable bonds is 4. The van der Waals surface area contributed by atoms with E-state index in [9.17, 15) is 0 Å².